The minimum atomic E-state index is -0.596. The molecular weight excluding hydrogens is 478 g/mol. The third kappa shape index (κ3) is 6.02. The van der Waals surface area contributed by atoms with Crippen LogP contribution in [0, 0.1) is 23.7 Å². The van der Waals surface area contributed by atoms with Gasteiger partial charge in [0, 0.05) is 38.0 Å². The first-order valence-corrected chi connectivity index (χ1v) is 14.6. The van der Waals surface area contributed by atoms with E-state index in [2.05, 4.69) is 64.7 Å². The fourth-order valence-corrected chi connectivity index (χ4v) is 5.72. The third-order valence-electron chi connectivity index (χ3n) is 8.18. The Kier molecular flexibility index (Phi) is 8.00. The van der Waals surface area contributed by atoms with E-state index in [0.717, 1.165) is 49.6 Å². The number of amides is 2. The van der Waals surface area contributed by atoms with Crippen molar-refractivity contribution in [2.45, 2.75) is 84.7 Å². The minimum Gasteiger partial charge on any atom is -0.367 e. The van der Waals surface area contributed by atoms with Gasteiger partial charge in [0.2, 0.25) is 5.91 Å². The second-order valence-electron chi connectivity index (χ2n) is 12.1. The summed E-state index contributed by atoms with van der Waals surface area (Å²) in [6.07, 6.45) is 6.40. The van der Waals surface area contributed by atoms with Crippen LogP contribution >= 0.6 is 0 Å². The first-order valence-electron chi connectivity index (χ1n) is 14.6. The van der Waals surface area contributed by atoms with Gasteiger partial charge < -0.3 is 15.1 Å². The lowest BCUT2D eigenvalue weighted by Gasteiger charge is -2.29. The molecular formula is C29H43N7O2. The highest BCUT2D eigenvalue weighted by Gasteiger charge is 2.40. The van der Waals surface area contributed by atoms with Crippen molar-refractivity contribution < 1.29 is 9.59 Å². The van der Waals surface area contributed by atoms with Crippen molar-refractivity contribution in [2.24, 2.45) is 23.7 Å². The number of hydrogen-bond acceptors (Lipinski definition) is 6. The molecule has 2 amide bonds. The molecule has 2 saturated carbocycles. The second-order valence-corrected chi connectivity index (χ2v) is 12.1. The smallest absolute Gasteiger partial charge is 0.251 e. The van der Waals surface area contributed by atoms with E-state index in [1.807, 2.05) is 22.6 Å². The average Bonchev–Trinajstić information content (AvgIpc) is 3.83. The van der Waals surface area contributed by atoms with Crippen molar-refractivity contribution in [3.8, 4) is 0 Å². The van der Waals surface area contributed by atoms with Crippen molar-refractivity contribution in [3.05, 3.63) is 30.1 Å². The van der Waals surface area contributed by atoms with Crippen LogP contribution in [0.4, 0.5) is 11.4 Å². The number of hydrogen-bond donors (Lipinski definition) is 1. The lowest BCUT2D eigenvalue weighted by atomic mass is 9.85. The van der Waals surface area contributed by atoms with E-state index in [-0.39, 0.29) is 23.7 Å². The quantitative estimate of drug-likeness (QED) is 0.453. The van der Waals surface area contributed by atoms with Gasteiger partial charge in [-0.25, -0.2) is 4.68 Å². The molecule has 1 aliphatic heterocycles. The maximum absolute atomic E-state index is 14.1. The molecule has 0 radical (unpaired) electrons. The summed E-state index contributed by atoms with van der Waals surface area (Å²) in [5, 5.41) is 15.6. The normalized spacial score (nSPS) is 21.3. The summed E-state index contributed by atoms with van der Waals surface area (Å²) in [6, 6.07) is 7.67. The summed E-state index contributed by atoms with van der Waals surface area (Å²) in [5.41, 5.74) is 2.09. The molecule has 2 aromatic rings. The molecule has 0 bridgehead atoms. The molecule has 38 heavy (non-hydrogen) atoms. The third-order valence-corrected chi connectivity index (χ3v) is 8.18. The molecule has 206 valence electrons. The number of para-hydroxylation sites is 2. The molecule has 0 spiro atoms. The highest BCUT2D eigenvalue weighted by atomic mass is 16.2. The molecule has 1 N–H and O–H groups in total. The van der Waals surface area contributed by atoms with E-state index >= 15 is 0 Å². The van der Waals surface area contributed by atoms with E-state index < -0.39 is 6.04 Å². The number of carbonyl (C=O) groups excluding carboxylic acids is 2. The Labute approximate surface area is 226 Å². The van der Waals surface area contributed by atoms with E-state index in [9.17, 15) is 9.59 Å². The summed E-state index contributed by atoms with van der Waals surface area (Å²) in [6.45, 7) is 11.2. The molecule has 1 aromatic carbocycles. The van der Waals surface area contributed by atoms with Crippen molar-refractivity contribution in [1.82, 2.24) is 25.5 Å². The van der Waals surface area contributed by atoms with Crippen molar-refractivity contribution >= 4 is 23.2 Å². The van der Waals surface area contributed by atoms with Gasteiger partial charge in [0.15, 0.2) is 5.82 Å². The lowest BCUT2D eigenvalue weighted by molar-refractivity contribution is -0.130. The van der Waals surface area contributed by atoms with Crippen LogP contribution in [-0.2, 0) is 16.1 Å². The fraction of sp³-hybridized carbons (Fsp3) is 0.690. The van der Waals surface area contributed by atoms with Crippen LogP contribution in [0.3, 0.4) is 0 Å². The Bertz CT molecular complexity index is 1120. The van der Waals surface area contributed by atoms with E-state index in [0.29, 0.717) is 37.3 Å². The van der Waals surface area contributed by atoms with E-state index in [1.54, 1.807) is 0 Å². The molecule has 2 aliphatic carbocycles. The number of aromatic nitrogens is 4. The monoisotopic (exact) mass is 521 g/mol. The van der Waals surface area contributed by atoms with Crippen LogP contribution in [0.2, 0.25) is 0 Å². The van der Waals surface area contributed by atoms with Crippen molar-refractivity contribution in [3.63, 3.8) is 0 Å². The van der Waals surface area contributed by atoms with Gasteiger partial charge in [0.25, 0.3) is 5.91 Å². The van der Waals surface area contributed by atoms with Crippen LogP contribution in [0.25, 0.3) is 0 Å². The number of nitrogens with zero attached hydrogens (tertiary/aromatic N) is 6. The van der Waals surface area contributed by atoms with Crippen LogP contribution < -0.4 is 15.1 Å². The highest BCUT2D eigenvalue weighted by Crippen LogP contribution is 2.40. The Balaban J connectivity index is 1.41. The van der Waals surface area contributed by atoms with Crippen LogP contribution in [0.15, 0.2) is 24.3 Å². The van der Waals surface area contributed by atoms with Gasteiger partial charge in [0.1, 0.15) is 6.04 Å². The van der Waals surface area contributed by atoms with Gasteiger partial charge in [-0.15, -0.1) is 5.10 Å². The number of fused-ring (bicyclic) bond motifs is 1. The van der Waals surface area contributed by atoms with Gasteiger partial charge in [-0.1, -0.05) is 39.8 Å². The number of carbonyl (C=O) groups is 2. The minimum absolute atomic E-state index is 0.00256. The molecule has 3 aliphatic rings. The number of anilines is 2. The molecule has 1 aromatic heterocycles. The topological polar surface area (TPSA) is 96.2 Å². The molecule has 0 unspecified atom stereocenters. The zero-order valence-electron chi connectivity index (χ0n) is 23.3. The Morgan fingerprint density at radius 3 is 2.39 bits per heavy atom. The summed E-state index contributed by atoms with van der Waals surface area (Å²) in [7, 11) is 0. The first kappa shape index (κ1) is 26.6. The maximum Gasteiger partial charge on any atom is 0.251 e. The van der Waals surface area contributed by atoms with Gasteiger partial charge in [-0.2, -0.15) is 0 Å². The standard InChI is InChI=1S/C29H43N7O2/c1-5-14-36-27(31-32-33-36)20(4)23(15-19(2)3)28(37)30-24-18-34(16-21-10-11-21)25-8-6-7-9-26(25)35(29(24)38)17-22-12-13-22/h6-9,19-24H,5,10-18H2,1-4H3,(H,30,37)/t20-,23-,24+/m1/s1. The Morgan fingerprint density at radius 2 is 1.74 bits per heavy atom. The molecule has 2 heterocycles. The second kappa shape index (κ2) is 11.4. The number of tetrazole rings is 1. The van der Waals surface area contributed by atoms with Gasteiger partial charge in [0.05, 0.1) is 11.4 Å². The van der Waals surface area contributed by atoms with Crippen molar-refractivity contribution in [2.75, 3.05) is 29.4 Å². The van der Waals surface area contributed by atoms with E-state index in [4.69, 9.17) is 0 Å². The van der Waals surface area contributed by atoms with Gasteiger partial charge >= 0.3 is 0 Å². The molecule has 0 saturated heterocycles. The van der Waals surface area contributed by atoms with Crippen molar-refractivity contribution in [1.29, 1.82) is 0 Å². The SMILES string of the molecule is CCCn1nnnc1[C@H](C)[C@@H](CC(C)C)C(=O)N[C@H]1CN(CC2CC2)c2ccccc2N(CC2CC2)C1=O. The average molecular weight is 522 g/mol. The zero-order valence-corrected chi connectivity index (χ0v) is 23.3. The predicted molar refractivity (Wildman–Crippen MR) is 148 cm³/mol. The first-order chi connectivity index (χ1) is 18.4. The fourth-order valence-electron chi connectivity index (χ4n) is 5.72. The molecule has 3 atom stereocenters. The number of aryl methyl sites for hydroxylation is 1. The lowest BCUT2D eigenvalue weighted by Crippen LogP contribution is -2.54. The maximum atomic E-state index is 14.1. The molecule has 9 nitrogen and oxygen atoms in total. The van der Waals surface area contributed by atoms with E-state index in [1.165, 1.54) is 12.8 Å². The Morgan fingerprint density at radius 1 is 1.05 bits per heavy atom. The number of rotatable bonds is 12. The van der Waals surface area contributed by atoms with Crippen LogP contribution in [0.5, 0.6) is 0 Å². The summed E-state index contributed by atoms with van der Waals surface area (Å²) in [5.74, 6) is 1.68. The highest BCUT2D eigenvalue weighted by molar-refractivity contribution is 6.03. The predicted octanol–water partition coefficient (Wildman–Crippen LogP) is 4.01. The largest absolute Gasteiger partial charge is 0.367 e. The summed E-state index contributed by atoms with van der Waals surface area (Å²) in [4.78, 5) is 32.4. The van der Waals surface area contributed by atoms with Crippen LogP contribution in [-0.4, -0.2) is 57.7 Å². The molecule has 2 fully saturated rings. The van der Waals surface area contributed by atoms with Crippen LogP contribution in [0.1, 0.15) is 78.0 Å². The number of nitrogens with one attached hydrogen (secondary N) is 1. The zero-order chi connectivity index (χ0) is 26.8. The Hall–Kier alpha value is -2.97. The van der Waals surface area contributed by atoms with Gasteiger partial charge in [-0.3, -0.25) is 9.59 Å². The number of benzene rings is 1. The molecule has 5 rings (SSSR count). The summed E-state index contributed by atoms with van der Waals surface area (Å²) < 4.78 is 1.81. The summed E-state index contributed by atoms with van der Waals surface area (Å²) >= 11 is 0. The van der Waals surface area contributed by atoms with Gasteiger partial charge in [-0.05, 0) is 78.8 Å². The molecule has 9 heteroatoms.